The zero-order valence-corrected chi connectivity index (χ0v) is 9.21. The van der Waals surface area contributed by atoms with Crippen LogP contribution in [0.2, 0.25) is 0 Å². The van der Waals surface area contributed by atoms with Crippen LogP contribution in [0, 0.1) is 17.3 Å². The highest BCUT2D eigenvalue weighted by Crippen LogP contribution is 2.44. The van der Waals surface area contributed by atoms with E-state index in [0.717, 1.165) is 0 Å². The molecule has 80 valence electrons. The summed E-state index contributed by atoms with van der Waals surface area (Å²) in [7, 11) is 0. The molecular weight excluding hydrogens is 176 g/mol. The van der Waals surface area contributed by atoms with Crippen molar-refractivity contribution >= 4 is 5.97 Å². The fourth-order valence-electron chi connectivity index (χ4n) is 3.05. The van der Waals surface area contributed by atoms with E-state index in [2.05, 4.69) is 13.8 Å². The zero-order valence-electron chi connectivity index (χ0n) is 9.21. The normalized spacial score (nSPS) is 36.9. The van der Waals surface area contributed by atoms with E-state index in [1.807, 2.05) is 0 Å². The number of ether oxygens (including phenoxy) is 1. The maximum atomic E-state index is 11.7. The molecule has 0 spiro atoms. The lowest BCUT2D eigenvalue weighted by atomic mass is 9.68. The minimum atomic E-state index is -0.243. The molecule has 1 heterocycles. The summed E-state index contributed by atoms with van der Waals surface area (Å²) in [6.07, 6.45) is 6.40. The zero-order chi connectivity index (χ0) is 10.2. The average molecular weight is 196 g/mol. The molecule has 2 heteroatoms. The number of carbonyl (C=O) groups is 1. The Hall–Kier alpha value is -0.530. The highest BCUT2D eigenvalue weighted by molar-refractivity contribution is 5.77. The topological polar surface area (TPSA) is 26.3 Å². The van der Waals surface area contributed by atoms with Crippen molar-refractivity contribution in [2.45, 2.75) is 46.0 Å². The Morgan fingerprint density at radius 3 is 2.71 bits per heavy atom. The maximum Gasteiger partial charge on any atom is 0.311 e. The van der Waals surface area contributed by atoms with Crippen molar-refractivity contribution in [2.24, 2.45) is 17.3 Å². The van der Waals surface area contributed by atoms with Gasteiger partial charge >= 0.3 is 5.97 Å². The molecular formula is C12H20O2. The predicted octanol–water partition coefficient (Wildman–Crippen LogP) is 2.77. The summed E-state index contributed by atoms with van der Waals surface area (Å²) in [5.74, 6) is 1.21. The number of fused-ring (bicyclic) bond motifs is 1. The van der Waals surface area contributed by atoms with Crippen LogP contribution in [0.1, 0.15) is 46.0 Å². The summed E-state index contributed by atoms with van der Waals surface area (Å²) in [5, 5.41) is 0. The molecule has 0 N–H and O–H groups in total. The van der Waals surface area contributed by atoms with E-state index in [1.165, 1.54) is 32.1 Å². The van der Waals surface area contributed by atoms with Crippen LogP contribution in [0.25, 0.3) is 0 Å². The molecule has 1 aliphatic heterocycles. The molecule has 14 heavy (non-hydrogen) atoms. The van der Waals surface area contributed by atoms with Crippen molar-refractivity contribution in [3.8, 4) is 0 Å². The van der Waals surface area contributed by atoms with Crippen LogP contribution in [0.5, 0.6) is 0 Å². The molecule has 0 aromatic rings. The van der Waals surface area contributed by atoms with Gasteiger partial charge in [-0.25, -0.2) is 0 Å². The molecule has 2 fully saturated rings. The smallest absolute Gasteiger partial charge is 0.311 e. The molecule has 2 rings (SSSR count). The van der Waals surface area contributed by atoms with Gasteiger partial charge in [0.25, 0.3) is 0 Å². The molecule has 1 saturated carbocycles. The van der Waals surface area contributed by atoms with Gasteiger partial charge in [-0.15, -0.1) is 0 Å². The average Bonchev–Trinajstić information content (AvgIpc) is 2.37. The molecule has 2 nitrogen and oxygen atoms in total. The Labute approximate surface area is 86.0 Å². The van der Waals surface area contributed by atoms with Crippen molar-refractivity contribution in [3.63, 3.8) is 0 Å². The first kappa shape index (κ1) is 10.0. The number of cyclic esters (lactones) is 1. The van der Waals surface area contributed by atoms with Gasteiger partial charge in [-0.2, -0.15) is 0 Å². The summed E-state index contributed by atoms with van der Waals surface area (Å²) < 4.78 is 5.28. The summed E-state index contributed by atoms with van der Waals surface area (Å²) in [6.45, 7) is 4.78. The monoisotopic (exact) mass is 196 g/mol. The molecule has 2 aliphatic rings. The fourth-order valence-corrected chi connectivity index (χ4v) is 3.05. The molecule has 2 unspecified atom stereocenters. The van der Waals surface area contributed by atoms with Crippen LogP contribution in [0.15, 0.2) is 0 Å². The number of esters is 1. The summed E-state index contributed by atoms with van der Waals surface area (Å²) in [6, 6.07) is 0. The van der Waals surface area contributed by atoms with Gasteiger partial charge in [-0.1, -0.05) is 19.3 Å². The SMILES string of the molecule is CC1(C)C(=O)OCC2CCCCCC21. The van der Waals surface area contributed by atoms with E-state index in [9.17, 15) is 4.79 Å². The Bertz CT molecular complexity index is 232. The van der Waals surface area contributed by atoms with Crippen molar-refractivity contribution in [1.82, 2.24) is 0 Å². The van der Waals surface area contributed by atoms with Gasteiger partial charge in [0.1, 0.15) is 0 Å². The van der Waals surface area contributed by atoms with Gasteiger partial charge in [0.2, 0.25) is 0 Å². The van der Waals surface area contributed by atoms with E-state index in [4.69, 9.17) is 4.74 Å². The second-order valence-corrected chi connectivity index (χ2v) is 5.32. The van der Waals surface area contributed by atoms with E-state index in [0.29, 0.717) is 18.4 Å². The maximum absolute atomic E-state index is 11.7. The third-order valence-corrected chi connectivity index (χ3v) is 4.04. The quantitative estimate of drug-likeness (QED) is 0.557. The van der Waals surface area contributed by atoms with E-state index in [-0.39, 0.29) is 11.4 Å². The van der Waals surface area contributed by atoms with Crippen LogP contribution in [0.4, 0.5) is 0 Å². The highest BCUT2D eigenvalue weighted by Gasteiger charge is 2.46. The molecule has 1 saturated heterocycles. The molecule has 0 aromatic heterocycles. The van der Waals surface area contributed by atoms with Crippen LogP contribution >= 0.6 is 0 Å². The molecule has 0 bridgehead atoms. The Morgan fingerprint density at radius 2 is 1.93 bits per heavy atom. The second kappa shape index (κ2) is 3.56. The van der Waals surface area contributed by atoms with Gasteiger partial charge < -0.3 is 4.74 Å². The highest BCUT2D eigenvalue weighted by atomic mass is 16.5. The Kier molecular flexibility index (Phi) is 2.54. The Morgan fingerprint density at radius 1 is 1.21 bits per heavy atom. The van der Waals surface area contributed by atoms with Gasteiger partial charge in [-0.3, -0.25) is 4.79 Å². The first-order valence-corrected chi connectivity index (χ1v) is 5.79. The first-order chi connectivity index (χ1) is 6.62. The van der Waals surface area contributed by atoms with Crippen LogP contribution in [-0.4, -0.2) is 12.6 Å². The first-order valence-electron chi connectivity index (χ1n) is 5.79. The minimum absolute atomic E-state index is 0.0145. The number of carbonyl (C=O) groups excluding carboxylic acids is 1. The molecule has 0 aromatic carbocycles. The number of hydrogen-bond acceptors (Lipinski definition) is 2. The summed E-state index contributed by atoms with van der Waals surface area (Å²) in [4.78, 5) is 11.7. The minimum Gasteiger partial charge on any atom is -0.465 e. The van der Waals surface area contributed by atoms with Crippen molar-refractivity contribution in [1.29, 1.82) is 0 Å². The van der Waals surface area contributed by atoms with E-state index >= 15 is 0 Å². The summed E-state index contributed by atoms with van der Waals surface area (Å²) >= 11 is 0. The van der Waals surface area contributed by atoms with Gasteiger partial charge in [0, 0.05) is 0 Å². The van der Waals surface area contributed by atoms with Crippen molar-refractivity contribution < 1.29 is 9.53 Å². The van der Waals surface area contributed by atoms with Gasteiger partial charge in [-0.05, 0) is 38.5 Å². The lowest BCUT2D eigenvalue weighted by Gasteiger charge is -2.41. The third kappa shape index (κ3) is 1.55. The number of rotatable bonds is 0. The van der Waals surface area contributed by atoms with Crippen LogP contribution < -0.4 is 0 Å². The van der Waals surface area contributed by atoms with Gasteiger partial charge in [0.15, 0.2) is 0 Å². The Balaban J connectivity index is 2.19. The third-order valence-electron chi connectivity index (χ3n) is 4.04. The lowest BCUT2D eigenvalue weighted by Crippen LogP contribution is -2.45. The largest absolute Gasteiger partial charge is 0.465 e. The van der Waals surface area contributed by atoms with Crippen molar-refractivity contribution in [2.75, 3.05) is 6.61 Å². The van der Waals surface area contributed by atoms with E-state index < -0.39 is 0 Å². The van der Waals surface area contributed by atoms with Gasteiger partial charge in [0.05, 0.1) is 12.0 Å². The molecule has 0 amide bonds. The van der Waals surface area contributed by atoms with Crippen LogP contribution in [-0.2, 0) is 9.53 Å². The van der Waals surface area contributed by atoms with Crippen molar-refractivity contribution in [3.05, 3.63) is 0 Å². The predicted molar refractivity (Wildman–Crippen MR) is 54.8 cm³/mol. The standard InChI is InChI=1S/C12H20O2/c1-12(2)10-7-5-3-4-6-9(10)8-14-11(12)13/h9-10H,3-8H2,1-2H3. The number of hydrogen-bond donors (Lipinski definition) is 0. The fraction of sp³-hybridized carbons (Fsp3) is 0.917. The van der Waals surface area contributed by atoms with Crippen LogP contribution in [0.3, 0.4) is 0 Å². The lowest BCUT2D eigenvalue weighted by molar-refractivity contribution is -0.171. The molecule has 1 aliphatic carbocycles. The molecule has 0 radical (unpaired) electrons. The van der Waals surface area contributed by atoms with E-state index in [1.54, 1.807) is 0 Å². The molecule has 2 atom stereocenters. The second-order valence-electron chi connectivity index (χ2n) is 5.32. The summed E-state index contributed by atoms with van der Waals surface area (Å²) in [5.41, 5.74) is -0.243.